The van der Waals surface area contributed by atoms with E-state index in [1.165, 1.54) is 6.07 Å². The summed E-state index contributed by atoms with van der Waals surface area (Å²) in [6, 6.07) is 2.75. The largest absolute Gasteiger partial charge is 0.493 e. The van der Waals surface area contributed by atoms with Gasteiger partial charge in [-0.05, 0) is 6.07 Å². The zero-order valence-electron chi connectivity index (χ0n) is 7.66. The number of ether oxygens (including phenoxy) is 1. The first-order valence-electron chi connectivity index (χ1n) is 4.54. The van der Waals surface area contributed by atoms with Gasteiger partial charge in [0, 0.05) is 29.7 Å². The van der Waals surface area contributed by atoms with E-state index in [0.29, 0.717) is 12.4 Å². The molecule has 0 aliphatic carbocycles. The lowest BCUT2D eigenvalue weighted by Gasteiger charge is -2.23. The average molecular weight is 197 g/mol. The number of rotatable bonds is 1. The molecule has 4 heteroatoms. The van der Waals surface area contributed by atoms with E-state index in [-0.39, 0.29) is 18.2 Å². The molecular weight excluding hydrogens is 185 g/mol. The van der Waals surface area contributed by atoms with Crippen molar-refractivity contribution < 1.29 is 14.2 Å². The Bertz CT molecular complexity index is 354. The van der Waals surface area contributed by atoms with Crippen LogP contribution in [-0.4, -0.2) is 11.7 Å². The third-order valence-corrected chi connectivity index (χ3v) is 2.44. The molecule has 3 nitrogen and oxygen atoms in total. The Morgan fingerprint density at radius 2 is 2.36 bits per heavy atom. The average Bonchev–Trinajstić information content (AvgIpc) is 2.17. The second kappa shape index (κ2) is 3.55. The molecule has 0 bridgehead atoms. The standard InChI is InChI=1S/C10H12FNO2/c11-8-4-10-7(3-6(8)5-13)9(12)1-2-14-10/h3-4,9,13H,1-2,5,12H2/t9-/m1/s1. The molecule has 1 aromatic rings. The van der Waals surface area contributed by atoms with Crippen LogP contribution in [-0.2, 0) is 6.61 Å². The van der Waals surface area contributed by atoms with Crippen molar-refractivity contribution in [1.29, 1.82) is 0 Å². The van der Waals surface area contributed by atoms with Gasteiger partial charge in [0.1, 0.15) is 11.6 Å². The summed E-state index contributed by atoms with van der Waals surface area (Å²) in [5.74, 6) is 0.0544. The first-order chi connectivity index (χ1) is 6.72. The van der Waals surface area contributed by atoms with Crippen molar-refractivity contribution in [3.05, 3.63) is 29.1 Å². The van der Waals surface area contributed by atoms with Gasteiger partial charge in [-0.15, -0.1) is 0 Å². The Morgan fingerprint density at radius 1 is 1.57 bits per heavy atom. The lowest BCUT2D eigenvalue weighted by Crippen LogP contribution is -2.21. The van der Waals surface area contributed by atoms with Crippen LogP contribution in [0.25, 0.3) is 0 Å². The minimum atomic E-state index is -0.444. The summed E-state index contributed by atoms with van der Waals surface area (Å²) in [4.78, 5) is 0. The summed E-state index contributed by atoms with van der Waals surface area (Å²) in [6.07, 6.45) is 0.726. The Morgan fingerprint density at radius 3 is 3.07 bits per heavy atom. The lowest BCUT2D eigenvalue weighted by atomic mass is 9.99. The normalized spacial score (nSPS) is 20.1. The highest BCUT2D eigenvalue weighted by Crippen LogP contribution is 2.32. The summed E-state index contributed by atoms with van der Waals surface area (Å²) < 4.78 is 18.5. The van der Waals surface area contributed by atoms with E-state index in [4.69, 9.17) is 15.6 Å². The number of fused-ring (bicyclic) bond motifs is 1. The smallest absolute Gasteiger partial charge is 0.132 e. The number of nitrogens with two attached hydrogens (primary N) is 1. The molecule has 1 aromatic carbocycles. The zero-order valence-corrected chi connectivity index (χ0v) is 7.66. The molecular formula is C10H12FNO2. The second-order valence-electron chi connectivity index (χ2n) is 3.38. The van der Waals surface area contributed by atoms with Crippen molar-refractivity contribution in [2.45, 2.75) is 19.1 Å². The highest BCUT2D eigenvalue weighted by molar-refractivity contribution is 5.41. The van der Waals surface area contributed by atoms with Crippen molar-refractivity contribution in [1.82, 2.24) is 0 Å². The molecule has 1 heterocycles. The maximum atomic E-state index is 13.2. The minimum absolute atomic E-state index is 0.121. The van der Waals surface area contributed by atoms with Crippen LogP contribution in [0.15, 0.2) is 12.1 Å². The van der Waals surface area contributed by atoms with E-state index in [0.717, 1.165) is 12.0 Å². The van der Waals surface area contributed by atoms with Gasteiger partial charge >= 0.3 is 0 Å². The Balaban J connectivity index is 2.49. The van der Waals surface area contributed by atoms with E-state index in [2.05, 4.69) is 0 Å². The van der Waals surface area contributed by atoms with Gasteiger partial charge < -0.3 is 15.6 Å². The van der Waals surface area contributed by atoms with Crippen molar-refractivity contribution in [2.75, 3.05) is 6.61 Å². The molecule has 1 aliphatic heterocycles. The summed E-state index contributed by atoms with van der Waals surface area (Å²) in [5, 5.41) is 8.88. The molecule has 0 fully saturated rings. The highest BCUT2D eigenvalue weighted by Gasteiger charge is 2.20. The molecule has 76 valence electrons. The number of halogens is 1. The molecule has 0 saturated carbocycles. The van der Waals surface area contributed by atoms with Gasteiger partial charge in [-0.3, -0.25) is 0 Å². The number of hydrogen-bond donors (Lipinski definition) is 2. The first-order valence-corrected chi connectivity index (χ1v) is 4.54. The molecule has 0 aromatic heterocycles. The predicted octanol–water partition coefficient (Wildman–Crippen LogP) is 1.10. The van der Waals surface area contributed by atoms with Gasteiger partial charge in [-0.1, -0.05) is 0 Å². The molecule has 14 heavy (non-hydrogen) atoms. The van der Waals surface area contributed by atoms with E-state index in [1.807, 2.05) is 0 Å². The van der Waals surface area contributed by atoms with Crippen LogP contribution in [0.1, 0.15) is 23.6 Å². The molecule has 2 rings (SSSR count). The van der Waals surface area contributed by atoms with Gasteiger partial charge in [0.05, 0.1) is 13.2 Å². The van der Waals surface area contributed by atoms with Crippen LogP contribution in [0.3, 0.4) is 0 Å². The van der Waals surface area contributed by atoms with E-state index >= 15 is 0 Å². The minimum Gasteiger partial charge on any atom is -0.493 e. The van der Waals surface area contributed by atoms with Crippen LogP contribution in [0, 0.1) is 5.82 Å². The highest BCUT2D eigenvalue weighted by atomic mass is 19.1. The van der Waals surface area contributed by atoms with E-state index in [9.17, 15) is 4.39 Å². The molecule has 1 atom stereocenters. The third-order valence-electron chi connectivity index (χ3n) is 2.44. The zero-order chi connectivity index (χ0) is 10.1. The van der Waals surface area contributed by atoms with Crippen molar-refractivity contribution in [3.8, 4) is 5.75 Å². The summed E-state index contributed by atoms with van der Waals surface area (Å²) in [7, 11) is 0. The third kappa shape index (κ3) is 1.47. The summed E-state index contributed by atoms with van der Waals surface area (Å²) in [5.41, 5.74) is 6.88. The monoisotopic (exact) mass is 197 g/mol. The lowest BCUT2D eigenvalue weighted by molar-refractivity contribution is 0.260. The van der Waals surface area contributed by atoms with E-state index < -0.39 is 5.82 Å². The van der Waals surface area contributed by atoms with Crippen molar-refractivity contribution >= 4 is 0 Å². The fraction of sp³-hybridized carbons (Fsp3) is 0.400. The Labute approximate surface area is 81.3 Å². The Kier molecular flexibility index (Phi) is 2.39. The van der Waals surface area contributed by atoms with Crippen LogP contribution < -0.4 is 10.5 Å². The molecule has 0 spiro atoms. The second-order valence-corrected chi connectivity index (χ2v) is 3.38. The number of aliphatic hydroxyl groups excluding tert-OH is 1. The van der Waals surface area contributed by atoms with Gasteiger partial charge in [0.15, 0.2) is 0 Å². The van der Waals surface area contributed by atoms with Gasteiger partial charge in [-0.2, -0.15) is 0 Å². The molecule has 0 radical (unpaired) electrons. The van der Waals surface area contributed by atoms with Gasteiger partial charge in [0.25, 0.3) is 0 Å². The number of hydrogen-bond acceptors (Lipinski definition) is 3. The molecule has 0 saturated heterocycles. The van der Waals surface area contributed by atoms with Crippen LogP contribution in [0.4, 0.5) is 4.39 Å². The van der Waals surface area contributed by atoms with Crippen LogP contribution in [0.2, 0.25) is 0 Å². The summed E-state index contributed by atoms with van der Waals surface area (Å²) in [6.45, 7) is 0.206. The molecule has 0 amide bonds. The van der Waals surface area contributed by atoms with Crippen molar-refractivity contribution in [2.24, 2.45) is 5.73 Å². The molecule has 1 aliphatic rings. The van der Waals surface area contributed by atoms with Gasteiger partial charge in [-0.25, -0.2) is 4.39 Å². The van der Waals surface area contributed by atoms with Crippen molar-refractivity contribution in [3.63, 3.8) is 0 Å². The number of benzene rings is 1. The fourth-order valence-corrected chi connectivity index (χ4v) is 1.61. The maximum Gasteiger partial charge on any atom is 0.132 e. The van der Waals surface area contributed by atoms with Gasteiger partial charge in [0.2, 0.25) is 0 Å². The Hall–Kier alpha value is -1.13. The maximum absolute atomic E-state index is 13.2. The SMILES string of the molecule is N[C@@H]1CCOc2cc(F)c(CO)cc21. The quantitative estimate of drug-likeness (QED) is 0.708. The van der Waals surface area contributed by atoms with Crippen LogP contribution in [0.5, 0.6) is 5.75 Å². The van der Waals surface area contributed by atoms with E-state index in [1.54, 1.807) is 6.07 Å². The topological polar surface area (TPSA) is 55.5 Å². The molecule has 0 unspecified atom stereocenters. The fourth-order valence-electron chi connectivity index (χ4n) is 1.61. The summed E-state index contributed by atoms with van der Waals surface area (Å²) >= 11 is 0. The first kappa shape index (κ1) is 9.43. The molecule has 3 N–H and O–H groups in total. The number of aliphatic hydroxyl groups is 1. The van der Waals surface area contributed by atoms with Crippen LogP contribution >= 0.6 is 0 Å². The predicted molar refractivity (Wildman–Crippen MR) is 49.4 cm³/mol.